The van der Waals surface area contributed by atoms with E-state index in [1.54, 1.807) is 24.4 Å². The van der Waals surface area contributed by atoms with Crippen LogP contribution in [0, 0.1) is 12.7 Å². The van der Waals surface area contributed by atoms with E-state index in [1.165, 1.54) is 6.07 Å². The largest absolute Gasteiger partial charge is 0.360 e. The van der Waals surface area contributed by atoms with Crippen molar-refractivity contribution in [1.29, 1.82) is 0 Å². The third kappa shape index (κ3) is 2.86. The molecule has 0 saturated heterocycles. The molecular weight excluding hydrogens is 279 g/mol. The van der Waals surface area contributed by atoms with Crippen LogP contribution in [0.2, 0.25) is 0 Å². The zero-order chi connectivity index (χ0) is 15.5. The molecule has 3 aromatic rings. The SMILES string of the molecule is Cc1ccc2[nH]cc(C(=O)NCCc3ccccc3F)c2c1. The molecule has 3 nitrogen and oxygen atoms in total. The summed E-state index contributed by atoms with van der Waals surface area (Å²) >= 11 is 0. The average molecular weight is 296 g/mol. The number of aryl methyl sites for hydroxylation is 1. The van der Waals surface area contributed by atoms with Crippen molar-refractivity contribution in [3.05, 3.63) is 71.2 Å². The Morgan fingerprint density at radius 1 is 1.23 bits per heavy atom. The fraction of sp³-hybridized carbons (Fsp3) is 0.167. The van der Waals surface area contributed by atoms with E-state index in [9.17, 15) is 9.18 Å². The van der Waals surface area contributed by atoms with E-state index >= 15 is 0 Å². The summed E-state index contributed by atoms with van der Waals surface area (Å²) in [4.78, 5) is 15.4. The smallest absolute Gasteiger partial charge is 0.253 e. The molecule has 1 amide bonds. The Hall–Kier alpha value is -2.62. The van der Waals surface area contributed by atoms with Gasteiger partial charge in [-0.05, 0) is 37.1 Å². The van der Waals surface area contributed by atoms with Crippen molar-refractivity contribution in [1.82, 2.24) is 10.3 Å². The second-order valence-corrected chi connectivity index (χ2v) is 5.35. The van der Waals surface area contributed by atoms with E-state index in [4.69, 9.17) is 0 Å². The predicted octanol–water partition coefficient (Wildman–Crippen LogP) is 3.59. The number of hydrogen-bond acceptors (Lipinski definition) is 1. The van der Waals surface area contributed by atoms with Crippen LogP contribution in [0.1, 0.15) is 21.5 Å². The summed E-state index contributed by atoms with van der Waals surface area (Å²) in [6.07, 6.45) is 2.18. The first kappa shape index (κ1) is 14.3. The molecule has 0 saturated carbocycles. The number of carbonyl (C=O) groups excluding carboxylic acids is 1. The molecule has 0 bridgehead atoms. The first-order chi connectivity index (χ1) is 10.6. The predicted molar refractivity (Wildman–Crippen MR) is 85.5 cm³/mol. The number of H-pyrrole nitrogens is 1. The number of fused-ring (bicyclic) bond motifs is 1. The van der Waals surface area contributed by atoms with Crippen LogP contribution in [0.5, 0.6) is 0 Å². The van der Waals surface area contributed by atoms with Crippen LogP contribution in [-0.4, -0.2) is 17.4 Å². The molecule has 0 aliphatic heterocycles. The Balaban J connectivity index is 1.69. The van der Waals surface area contributed by atoms with Crippen LogP contribution < -0.4 is 5.32 Å². The summed E-state index contributed by atoms with van der Waals surface area (Å²) in [5, 5.41) is 3.75. The molecule has 0 aliphatic carbocycles. The molecule has 0 radical (unpaired) electrons. The molecule has 3 rings (SSSR count). The van der Waals surface area contributed by atoms with Gasteiger partial charge in [-0.1, -0.05) is 29.8 Å². The first-order valence-corrected chi connectivity index (χ1v) is 7.24. The normalized spacial score (nSPS) is 10.8. The molecule has 0 fully saturated rings. The van der Waals surface area contributed by atoms with Crippen molar-refractivity contribution < 1.29 is 9.18 Å². The van der Waals surface area contributed by atoms with Gasteiger partial charge in [-0.2, -0.15) is 0 Å². The third-order valence-electron chi connectivity index (χ3n) is 3.72. The number of rotatable bonds is 4. The van der Waals surface area contributed by atoms with Gasteiger partial charge in [0.2, 0.25) is 0 Å². The standard InChI is InChI=1S/C18H17FN2O/c1-12-6-7-17-14(10-12)15(11-21-17)18(22)20-9-8-13-4-2-3-5-16(13)19/h2-7,10-11,21H,8-9H2,1H3,(H,20,22). The highest BCUT2D eigenvalue weighted by Crippen LogP contribution is 2.19. The third-order valence-corrected chi connectivity index (χ3v) is 3.72. The Kier molecular flexibility index (Phi) is 3.92. The van der Waals surface area contributed by atoms with Crippen LogP contribution >= 0.6 is 0 Å². The minimum absolute atomic E-state index is 0.145. The topological polar surface area (TPSA) is 44.9 Å². The Labute approximate surface area is 128 Å². The minimum Gasteiger partial charge on any atom is -0.360 e. The minimum atomic E-state index is -0.237. The average Bonchev–Trinajstić information content (AvgIpc) is 2.92. The Morgan fingerprint density at radius 2 is 2.05 bits per heavy atom. The van der Waals surface area contributed by atoms with Crippen molar-refractivity contribution in [2.24, 2.45) is 0 Å². The van der Waals surface area contributed by atoms with Gasteiger partial charge < -0.3 is 10.3 Å². The van der Waals surface area contributed by atoms with Gasteiger partial charge in [0.15, 0.2) is 0 Å². The number of aromatic nitrogens is 1. The van der Waals surface area contributed by atoms with Gasteiger partial charge in [-0.25, -0.2) is 4.39 Å². The van der Waals surface area contributed by atoms with Crippen molar-refractivity contribution in [3.8, 4) is 0 Å². The van der Waals surface area contributed by atoms with Gasteiger partial charge in [-0.15, -0.1) is 0 Å². The lowest BCUT2D eigenvalue weighted by Gasteiger charge is -2.06. The number of nitrogens with one attached hydrogen (secondary N) is 2. The van der Waals surface area contributed by atoms with Crippen LogP contribution in [0.3, 0.4) is 0 Å². The van der Waals surface area contributed by atoms with Crippen molar-refractivity contribution >= 4 is 16.8 Å². The summed E-state index contributed by atoms with van der Waals surface area (Å²) < 4.78 is 13.5. The van der Waals surface area contributed by atoms with Gasteiger partial charge in [0.1, 0.15) is 5.82 Å². The summed E-state index contributed by atoms with van der Waals surface area (Å²) in [7, 11) is 0. The summed E-state index contributed by atoms with van der Waals surface area (Å²) in [6.45, 7) is 2.39. The van der Waals surface area contributed by atoms with Gasteiger partial charge in [0.05, 0.1) is 5.56 Å². The lowest BCUT2D eigenvalue weighted by molar-refractivity contribution is 0.0955. The monoisotopic (exact) mass is 296 g/mol. The second-order valence-electron chi connectivity index (χ2n) is 5.35. The van der Waals surface area contributed by atoms with E-state index in [1.807, 2.05) is 25.1 Å². The molecule has 2 aromatic carbocycles. The quantitative estimate of drug-likeness (QED) is 0.759. The molecule has 2 N–H and O–H groups in total. The Morgan fingerprint density at radius 3 is 2.86 bits per heavy atom. The number of hydrogen-bond donors (Lipinski definition) is 2. The molecule has 22 heavy (non-hydrogen) atoms. The number of amides is 1. The number of halogens is 1. The second kappa shape index (κ2) is 6.02. The Bertz CT molecular complexity index is 823. The van der Waals surface area contributed by atoms with E-state index in [0.717, 1.165) is 16.5 Å². The van der Waals surface area contributed by atoms with Crippen LogP contribution in [0.15, 0.2) is 48.7 Å². The van der Waals surface area contributed by atoms with Gasteiger partial charge in [0, 0.05) is 23.6 Å². The fourth-order valence-electron chi connectivity index (χ4n) is 2.53. The lowest BCUT2D eigenvalue weighted by Crippen LogP contribution is -2.25. The molecule has 0 unspecified atom stereocenters. The highest BCUT2D eigenvalue weighted by molar-refractivity contribution is 6.06. The zero-order valence-corrected chi connectivity index (χ0v) is 12.3. The van der Waals surface area contributed by atoms with E-state index in [-0.39, 0.29) is 11.7 Å². The summed E-state index contributed by atoms with van der Waals surface area (Å²) in [5.74, 6) is -0.382. The van der Waals surface area contributed by atoms with Gasteiger partial charge in [-0.3, -0.25) is 4.79 Å². The number of benzene rings is 2. The first-order valence-electron chi connectivity index (χ1n) is 7.24. The summed E-state index contributed by atoms with van der Waals surface area (Å²) in [6, 6.07) is 12.6. The van der Waals surface area contributed by atoms with E-state index < -0.39 is 0 Å². The highest BCUT2D eigenvalue weighted by atomic mass is 19.1. The van der Waals surface area contributed by atoms with Crippen molar-refractivity contribution in [3.63, 3.8) is 0 Å². The van der Waals surface area contributed by atoms with Gasteiger partial charge in [0.25, 0.3) is 5.91 Å². The van der Waals surface area contributed by atoms with Crippen molar-refractivity contribution in [2.75, 3.05) is 6.54 Å². The van der Waals surface area contributed by atoms with Crippen LogP contribution in [-0.2, 0) is 6.42 Å². The van der Waals surface area contributed by atoms with Crippen LogP contribution in [0.25, 0.3) is 10.9 Å². The summed E-state index contributed by atoms with van der Waals surface area (Å²) in [5.41, 5.74) is 3.27. The molecule has 112 valence electrons. The molecule has 0 atom stereocenters. The van der Waals surface area contributed by atoms with Crippen molar-refractivity contribution in [2.45, 2.75) is 13.3 Å². The maximum Gasteiger partial charge on any atom is 0.253 e. The molecular formula is C18H17FN2O. The molecule has 1 aromatic heterocycles. The van der Waals surface area contributed by atoms with E-state index in [2.05, 4.69) is 10.3 Å². The van der Waals surface area contributed by atoms with Gasteiger partial charge >= 0.3 is 0 Å². The number of carbonyl (C=O) groups is 1. The van der Waals surface area contributed by atoms with Crippen LogP contribution in [0.4, 0.5) is 4.39 Å². The number of aromatic amines is 1. The van der Waals surface area contributed by atoms with E-state index in [0.29, 0.717) is 24.1 Å². The molecule has 0 spiro atoms. The lowest BCUT2D eigenvalue weighted by atomic mass is 10.1. The zero-order valence-electron chi connectivity index (χ0n) is 12.3. The fourth-order valence-corrected chi connectivity index (χ4v) is 2.53. The maximum atomic E-state index is 13.5. The molecule has 4 heteroatoms. The molecule has 1 heterocycles. The molecule has 0 aliphatic rings. The maximum absolute atomic E-state index is 13.5. The highest BCUT2D eigenvalue weighted by Gasteiger charge is 2.11.